The molecular formula is C21H23ClN4O2. The number of benzene rings is 1. The van der Waals surface area contributed by atoms with Crippen molar-refractivity contribution in [2.75, 3.05) is 6.54 Å². The number of carbonyl (C=O) groups is 2. The Labute approximate surface area is 168 Å². The van der Waals surface area contributed by atoms with E-state index < -0.39 is 6.04 Å². The van der Waals surface area contributed by atoms with Gasteiger partial charge in [-0.15, -0.1) is 0 Å². The molecular weight excluding hydrogens is 376 g/mol. The van der Waals surface area contributed by atoms with Crippen LogP contribution in [0.2, 0.25) is 5.02 Å². The molecule has 1 aromatic carbocycles. The zero-order valence-corrected chi connectivity index (χ0v) is 16.6. The average molecular weight is 399 g/mol. The molecule has 0 saturated carbocycles. The first kappa shape index (κ1) is 19.9. The maximum absolute atomic E-state index is 12.6. The van der Waals surface area contributed by atoms with Crippen LogP contribution in [0.1, 0.15) is 29.9 Å². The molecule has 28 heavy (non-hydrogen) atoms. The highest BCUT2D eigenvalue weighted by molar-refractivity contribution is 6.33. The number of hydrogen-bond acceptors (Lipinski definition) is 3. The number of fused-ring (bicyclic) bond motifs is 1. The molecule has 146 valence electrons. The van der Waals surface area contributed by atoms with Crippen LogP contribution in [0, 0.1) is 5.92 Å². The molecule has 1 atom stereocenters. The summed E-state index contributed by atoms with van der Waals surface area (Å²) in [6.45, 7) is 4.21. The third kappa shape index (κ3) is 4.70. The molecule has 1 unspecified atom stereocenters. The molecule has 2 aromatic heterocycles. The fourth-order valence-electron chi connectivity index (χ4n) is 2.93. The predicted molar refractivity (Wildman–Crippen MR) is 109 cm³/mol. The van der Waals surface area contributed by atoms with Gasteiger partial charge in [0.15, 0.2) is 0 Å². The van der Waals surface area contributed by atoms with Crippen LogP contribution in [0.4, 0.5) is 0 Å². The average Bonchev–Trinajstić information content (AvgIpc) is 3.08. The van der Waals surface area contributed by atoms with E-state index in [1.807, 2.05) is 48.8 Å². The summed E-state index contributed by atoms with van der Waals surface area (Å²) < 4.78 is 1.94. The number of nitrogens with one attached hydrogen (secondary N) is 2. The van der Waals surface area contributed by atoms with Gasteiger partial charge in [-0.2, -0.15) is 0 Å². The number of pyridine rings is 1. The van der Waals surface area contributed by atoms with Gasteiger partial charge in [-0.25, -0.2) is 4.98 Å². The van der Waals surface area contributed by atoms with Gasteiger partial charge in [0, 0.05) is 25.4 Å². The second-order valence-electron chi connectivity index (χ2n) is 6.91. The van der Waals surface area contributed by atoms with Crippen molar-refractivity contribution in [2.24, 2.45) is 5.92 Å². The van der Waals surface area contributed by atoms with Crippen LogP contribution in [0.15, 0.2) is 54.9 Å². The summed E-state index contributed by atoms with van der Waals surface area (Å²) in [5.74, 6) is -0.652. The second kappa shape index (κ2) is 8.89. The Morgan fingerprint density at radius 3 is 2.61 bits per heavy atom. The molecule has 3 aromatic rings. The van der Waals surface area contributed by atoms with Gasteiger partial charge in [-0.3, -0.25) is 9.59 Å². The van der Waals surface area contributed by atoms with Crippen LogP contribution in [0.5, 0.6) is 0 Å². The van der Waals surface area contributed by atoms with Crippen LogP contribution in [0.25, 0.3) is 5.65 Å². The maximum atomic E-state index is 12.6. The van der Waals surface area contributed by atoms with Crippen molar-refractivity contribution < 1.29 is 9.59 Å². The van der Waals surface area contributed by atoms with Gasteiger partial charge in [0.05, 0.1) is 16.3 Å². The summed E-state index contributed by atoms with van der Waals surface area (Å²) in [4.78, 5) is 29.6. The second-order valence-corrected chi connectivity index (χ2v) is 7.32. The Bertz CT molecular complexity index is 950. The van der Waals surface area contributed by atoms with E-state index in [2.05, 4.69) is 15.6 Å². The van der Waals surface area contributed by atoms with E-state index in [1.54, 1.807) is 24.3 Å². The Morgan fingerprint density at radius 2 is 1.89 bits per heavy atom. The number of nitrogens with zero attached hydrogens (tertiary/aromatic N) is 2. The quantitative estimate of drug-likeness (QED) is 0.642. The van der Waals surface area contributed by atoms with E-state index in [0.29, 0.717) is 23.6 Å². The molecule has 2 heterocycles. The first-order chi connectivity index (χ1) is 13.5. The Kier molecular flexibility index (Phi) is 6.31. The highest BCUT2D eigenvalue weighted by Gasteiger charge is 2.25. The molecule has 0 saturated heterocycles. The standard InChI is InChI=1S/C21H23ClN4O2/c1-14(2)19(25-20(27)16-7-3-4-8-17(16)22)21(28)23-11-10-15-13-26-12-6-5-9-18(26)24-15/h3-9,12-14,19H,10-11H2,1-2H3,(H,23,28)(H,25,27). The van der Waals surface area contributed by atoms with Crippen molar-refractivity contribution >= 4 is 29.1 Å². The van der Waals surface area contributed by atoms with E-state index in [4.69, 9.17) is 11.6 Å². The van der Waals surface area contributed by atoms with E-state index in [9.17, 15) is 9.59 Å². The predicted octanol–water partition coefficient (Wildman–Crippen LogP) is 3.10. The lowest BCUT2D eigenvalue weighted by atomic mass is 10.0. The van der Waals surface area contributed by atoms with Crippen molar-refractivity contribution in [1.82, 2.24) is 20.0 Å². The van der Waals surface area contributed by atoms with E-state index >= 15 is 0 Å². The molecule has 0 bridgehead atoms. The maximum Gasteiger partial charge on any atom is 0.253 e. The highest BCUT2D eigenvalue weighted by atomic mass is 35.5. The number of hydrogen-bond donors (Lipinski definition) is 2. The van der Waals surface area contributed by atoms with Crippen molar-refractivity contribution in [1.29, 1.82) is 0 Å². The van der Waals surface area contributed by atoms with E-state index in [-0.39, 0.29) is 17.7 Å². The fraction of sp³-hybridized carbons (Fsp3) is 0.286. The van der Waals surface area contributed by atoms with Crippen molar-refractivity contribution in [3.05, 3.63) is 71.1 Å². The zero-order valence-electron chi connectivity index (χ0n) is 15.9. The topological polar surface area (TPSA) is 75.5 Å². The molecule has 6 nitrogen and oxygen atoms in total. The van der Waals surface area contributed by atoms with Gasteiger partial charge in [-0.05, 0) is 30.2 Å². The van der Waals surface area contributed by atoms with Crippen molar-refractivity contribution in [3.8, 4) is 0 Å². The molecule has 0 aliphatic heterocycles. The molecule has 2 N–H and O–H groups in total. The Morgan fingerprint density at radius 1 is 1.14 bits per heavy atom. The van der Waals surface area contributed by atoms with Crippen LogP contribution in [0.3, 0.4) is 0 Å². The van der Waals surface area contributed by atoms with Gasteiger partial charge < -0.3 is 15.0 Å². The van der Waals surface area contributed by atoms with Gasteiger partial charge in [0.25, 0.3) is 5.91 Å². The first-order valence-corrected chi connectivity index (χ1v) is 9.59. The summed E-state index contributed by atoms with van der Waals surface area (Å²) in [5, 5.41) is 6.04. The minimum atomic E-state index is -0.648. The highest BCUT2D eigenvalue weighted by Crippen LogP contribution is 2.15. The lowest BCUT2D eigenvalue weighted by molar-refractivity contribution is -0.123. The lowest BCUT2D eigenvalue weighted by Gasteiger charge is -2.22. The number of halogens is 1. The normalized spacial score (nSPS) is 12.1. The molecule has 7 heteroatoms. The third-order valence-electron chi connectivity index (χ3n) is 4.45. The van der Waals surface area contributed by atoms with Gasteiger partial charge in [0.2, 0.25) is 5.91 Å². The SMILES string of the molecule is CC(C)C(NC(=O)c1ccccc1Cl)C(=O)NCCc1cn2ccccc2n1. The monoisotopic (exact) mass is 398 g/mol. The van der Waals surface area contributed by atoms with Crippen LogP contribution >= 0.6 is 11.6 Å². The molecule has 0 aliphatic rings. The van der Waals surface area contributed by atoms with Crippen molar-refractivity contribution in [3.63, 3.8) is 0 Å². The zero-order chi connectivity index (χ0) is 20.1. The number of carbonyl (C=O) groups excluding carboxylic acids is 2. The molecule has 0 spiro atoms. The lowest BCUT2D eigenvalue weighted by Crippen LogP contribution is -2.50. The molecule has 0 radical (unpaired) electrons. The summed E-state index contributed by atoms with van der Waals surface area (Å²) in [5.41, 5.74) is 2.12. The number of rotatable bonds is 7. The number of amides is 2. The van der Waals surface area contributed by atoms with Gasteiger partial charge in [0.1, 0.15) is 11.7 Å². The Balaban J connectivity index is 1.58. The van der Waals surface area contributed by atoms with Crippen LogP contribution in [-0.2, 0) is 11.2 Å². The van der Waals surface area contributed by atoms with Gasteiger partial charge >= 0.3 is 0 Å². The van der Waals surface area contributed by atoms with Crippen LogP contribution < -0.4 is 10.6 Å². The summed E-state index contributed by atoms with van der Waals surface area (Å²) in [6, 6.07) is 11.9. The van der Waals surface area contributed by atoms with Crippen LogP contribution in [-0.4, -0.2) is 33.8 Å². The fourth-order valence-corrected chi connectivity index (χ4v) is 3.15. The summed E-state index contributed by atoms with van der Waals surface area (Å²) >= 11 is 6.08. The minimum absolute atomic E-state index is 0.0679. The Hall–Kier alpha value is -2.86. The summed E-state index contributed by atoms with van der Waals surface area (Å²) in [7, 11) is 0. The number of aromatic nitrogens is 2. The first-order valence-electron chi connectivity index (χ1n) is 9.21. The molecule has 0 aliphatic carbocycles. The van der Waals surface area contributed by atoms with Crippen molar-refractivity contribution in [2.45, 2.75) is 26.3 Å². The summed E-state index contributed by atoms with van der Waals surface area (Å²) in [6.07, 6.45) is 4.49. The third-order valence-corrected chi connectivity index (χ3v) is 4.78. The smallest absolute Gasteiger partial charge is 0.253 e. The molecule has 2 amide bonds. The molecule has 3 rings (SSSR count). The van der Waals surface area contributed by atoms with Gasteiger partial charge in [-0.1, -0.05) is 43.6 Å². The minimum Gasteiger partial charge on any atom is -0.354 e. The van der Waals surface area contributed by atoms with E-state index in [0.717, 1.165) is 11.3 Å². The largest absolute Gasteiger partial charge is 0.354 e. The number of imidazole rings is 1. The molecule has 0 fully saturated rings. The van der Waals surface area contributed by atoms with E-state index in [1.165, 1.54) is 0 Å².